The van der Waals surface area contributed by atoms with Crippen LogP contribution in [0.4, 0.5) is 5.69 Å². The third kappa shape index (κ3) is 4.52. The molecule has 0 saturated carbocycles. The number of methoxy groups -OCH3 is 1. The fourth-order valence-electron chi connectivity index (χ4n) is 3.69. The molecule has 30 heavy (non-hydrogen) atoms. The Kier molecular flexibility index (Phi) is 5.80. The Balaban J connectivity index is 1.62. The van der Waals surface area contributed by atoms with Crippen molar-refractivity contribution < 1.29 is 9.53 Å². The van der Waals surface area contributed by atoms with Crippen molar-refractivity contribution in [1.29, 1.82) is 0 Å². The molecule has 1 N–H and O–H groups in total. The van der Waals surface area contributed by atoms with Gasteiger partial charge in [-0.1, -0.05) is 60.7 Å². The molecule has 4 aromatic rings. The van der Waals surface area contributed by atoms with E-state index in [4.69, 9.17) is 4.74 Å². The van der Waals surface area contributed by atoms with Crippen LogP contribution in [0.1, 0.15) is 33.9 Å². The molecule has 0 aliphatic carbocycles. The standard InChI is InChI=1S/C27H25NO2/c1-19-6-5-9-24(16-19)28-26(21-12-14-25(30-2)15-13-21)18-27(29)23-11-10-20-7-3-4-8-22(20)17-23/h3-17,26,28H,18H2,1-2H3. The van der Waals surface area contributed by atoms with Crippen molar-refractivity contribution in [2.45, 2.75) is 19.4 Å². The average molecular weight is 396 g/mol. The molecular weight excluding hydrogens is 370 g/mol. The van der Waals surface area contributed by atoms with Crippen LogP contribution >= 0.6 is 0 Å². The van der Waals surface area contributed by atoms with Gasteiger partial charge in [0, 0.05) is 17.7 Å². The van der Waals surface area contributed by atoms with Crippen LogP contribution in [-0.4, -0.2) is 12.9 Å². The third-order valence-corrected chi connectivity index (χ3v) is 5.34. The van der Waals surface area contributed by atoms with E-state index < -0.39 is 0 Å². The minimum absolute atomic E-state index is 0.113. The molecule has 0 fully saturated rings. The zero-order valence-electron chi connectivity index (χ0n) is 17.3. The Morgan fingerprint density at radius 3 is 2.37 bits per heavy atom. The largest absolute Gasteiger partial charge is 0.497 e. The first-order valence-corrected chi connectivity index (χ1v) is 10.1. The van der Waals surface area contributed by atoms with Gasteiger partial charge in [-0.25, -0.2) is 0 Å². The number of nitrogens with one attached hydrogen (secondary N) is 1. The topological polar surface area (TPSA) is 38.3 Å². The highest BCUT2D eigenvalue weighted by Gasteiger charge is 2.18. The highest BCUT2D eigenvalue weighted by molar-refractivity contribution is 6.00. The van der Waals surface area contributed by atoms with Gasteiger partial charge in [0.25, 0.3) is 0 Å². The summed E-state index contributed by atoms with van der Waals surface area (Å²) in [5.74, 6) is 0.913. The quantitative estimate of drug-likeness (QED) is 0.359. The number of anilines is 1. The van der Waals surface area contributed by atoms with Crippen LogP contribution in [0.5, 0.6) is 5.75 Å². The second kappa shape index (κ2) is 8.83. The molecule has 0 heterocycles. The zero-order chi connectivity index (χ0) is 20.9. The van der Waals surface area contributed by atoms with E-state index >= 15 is 0 Å². The predicted octanol–water partition coefficient (Wildman–Crippen LogP) is 6.58. The van der Waals surface area contributed by atoms with E-state index in [9.17, 15) is 4.79 Å². The lowest BCUT2D eigenvalue weighted by Gasteiger charge is -2.21. The summed E-state index contributed by atoms with van der Waals surface area (Å²) in [5.41, 5.74) is 3.96. The van der Waals surface area contributed by atoms with Crippen molar-refractivity contribution in [3.8, 4) is 5.75 Å². The minimum Gasteiger partial charge on any atom is -0.497 e. The number of ketones is 1. The van der Waals surface area contributed by atoms with E-state index in [1.165, 1.54) is 5.56 Å². The van der Waals surface area contributed by atoms with Gasteiger partial charge in [-0.15, -0.1) is 0 Å². The normalized spacial score (nSPS) is 11.8. The van der Waals surface area contributed by atoms with E-state index in [1.54, 1.807) is 7.11 Å². The Hall–Kier alpha value is -3.59. The predicted molar refractivity (Wildman–Crippen MR) is 123 cm³/mol. The summed E-state index contributed by atoms with van der Waals surface area (Å²) in [6, 6.07) is 30.0. The smallest absolute Gasteiger partial charge is 0.165 e. The van der Waals surface area contributed by atoms with Crippen molar-refractivity contribution in [3.63, 3.8) is 0 Å². The van der Waals surface area contributed by atoms with Gasteiger partial charge in [-0.3, -0.25) is 4.79 Å². The van der Waals surface area contributed by atoms with Crippen molar-refractivity contribution >= 4 is 22.2 Å². The fraction of sp³-hybridized carbons (Fsp3) is 0.148. The number of hydrogen-bond acceptors (Lipinski definition) is 3. The van der Waals surface area contributed by atoms with Crippen LogP contribution < -0.4 is 10.1 Å². The van der Waals surface area contributed by atoms with E-state index in [1.807, 2.05) is 72.8 Å². The lowest BCUT2D eigenvalue weighted by molar-refractivity contribution is 0.0976. The Morgan fingerprint density at radius 1 is 0.867 bits per heavy atom. The molecule has 0 saturated heterocycles. The SMILES string of the molecule is COc1ccc(C(CC(=O)c2ccc3ccccc3c2)Nc2cccc(C)c2)cc1. The molecule has 1 unspecified atom stereocenters. The maximum atomic E-state index is 13.2. The molecule has 3 nitrogen and oxygen atoms in total. The van der Waals surface area contributed by atoms with Gasteiger partial charge in [0.15, 0.2) is 5.78 Å². The van der Waals surface area contributed by atoms with E-state index in [0.29, 0.717) is 6.42 Å². The maximum Gasteiger partial charge on any atom is 0.165 e. The molecule has 0 spiro atoms. The van der Waals surface area contributed by atoms with Gasteiger partial charge >= 0.3 is 0 Å². The van der Waals surface area contributed by atoms with Crippen molar-refractivity contribution in [3.05, 3.63) is 108 Å². The molecule has 0 aromatic heterocycles. The number of Topliss-reactive ketones (excluding diaryl/α,β-unsaturated/α-hetero) is 1. The molecule has 0 radical (unpaired) electrons. The molecular formula is C27H25NO2. The molecule has 0 aliphatic rings. The summed E-state index contributed by atoms with van der Waals surface area (Å²) in [5, 5.41) is 5.77. The molecule has 0 aliphatic heterocycles. The highest BCUT2D eigenvalue weighted by Crippen LogP contribution is 2.27. The summed E-state index contributed by atoms with van der Waals surface area (Å²) in [6.07, 6.45) is 0.360. The number of hydrogen-bond donors (Lipinski definition) is 1. The molecule has 0 bridgehead atoms. The highest BCUT2D eigenvalue weighted by atomic mass is 16.5. The fourth-order valence-corrected chi connectivity index (χ4v) is 3.69. The lowest BCUT2D eigenvalue weighted by atomic mass is 9.96. The van der Waals surface area contributed by atoms with Gasteiger partial charge in [0.1, 0.15) is 5.75 Å². The molecule has 1 atom stereocenters. The van der Waals surface area contributed by atoms with Crippen LogP contribution in [0.3, 0.4) is 0 Å². The number of carbonyl (C=O) groups is 1. The maximum absolute atomic E-state index is 13.2. The minimum atomic E-state index is -0.142. The second-order valence-corrected chi connectivity index (χ2v) is 7.53. The molecule has 0 amide bonds. The molecule has 150 valence electrons. The van der Waals surface area contributed by atoms with Gasteiger partial charge in [-0.05, 0) is 59.2 Å². The van der Waals surface area contributed by atoms with E-state index in [2.05, 4.69) is 30.4 Å². The Labute approximate surface area is 177 Å². The first-order valence-electron chi connectivity index (χ1n) is 10.1. The van der Waals surface area contributed by atoms with Crippen LogP contribution in [0, 0.1) is 6.92 Å². The van der Waals surface area contributed by atoms with E-state index in [0.717, 1.165) is 33.3 Å². The van der Waals surface area contributed by atoms with Crippen molar-refractivity contribution in [2.75, 3.05) is 12.4 Å². The number of fused-ring (bicyclic) bond motifs is 1. The van der Waals surface area contributed by atoms with Crippen LogP contribution in [0.25, 0.3) is 10.8 Å². The van der Waals surface area contributed by atoms with Gasteiger partial charge in [-0.2, -0.15) is 0 Å². The van der Waals surface area contributed by atoms with Gasteiger partial charge < -0.3 is 10.1 Å². The van der Waals surface area contributed by atoms with Crippen molar-refractivity contribution in [1.82, 2.24) is 0 Å². The average Bonchev–Trinajstić information content (AvgIpc) is 2.78. The molecule has 4 rings (SSSR count). The van der Waals surface area contributed by atoms with E-state index in [-0.39, 0.29) is 11.8 Å². The van der Waals surface area contributed by atoms with Crippen molar-refractivity contribution in [2.24, 2.45) is 0 Å². The molecule has 4 aromatic carbocycles. The van der Waals surface area contributed by atoms with Gasteiger partial charge in [0.2, 0.25) is 0 Å². The second-order valence-electron chi connectivity index (χ2n) is 7.53. The number of rotatable bonds is 7. The summed E-state index contributed by atoms with van der Waals surface area (Å²) in [4.78, 5) is 13.2. The lowest BCUT2D eigenvalue weighted by Crippen LogP contribution is -2.16. The Morgan fingerprint density at radius 2 is 1.63 bits per heavy atom. The monoisotopic (exact) mass is 395 g/mol. The summed E-state index contributed by atoms with van der Waals surface area (Å²) in [6.45, 7) is 2.06. The number of ether oxygens (including phenoxy) is 1. The number of carbonyl (C=O) groups excluding carboxylic acids is 1. The zero-order valence-corrected chi connectivity index (χ0v) is 17.3. The number of aryl methyl sites for hydroxylation is 1. The van der Waals surface area contributed by atoms with Crippen LogP contribution in [0.2, 0.25) is 0 Å². The van der Waals surface area contributed by atoms with Crippen LogP contribution in [-0.2, 0) is 0 Å². The number of benzene rings is 4. The third-order valence-electron chi connectivity index (χ3n) is 5.34. The first-order chi connectivity index (χ1) is 14.6. The Bertz CT molecular complexity index is 1160. The summed E-state index contributed by atoms with van der Waals surface area (Å²) < 4.78 is 5.29. The molecule has 3 heteroatoms. The van der Waals surface area contributed by atoms with Crippen LogP contribution in [0.15, 0.2) is 91.0 Å². The first kappa shape index (κ1) is 19.7. The van der Waals surface area contributed by atoms with Gasteiger partial charge in [0.05, 0.1) is 13.2 Å². The summed E-state index contributed by atoms with van der Waals surface area (Å²) >= 11 is 0. The summed E-state index contributed by atoms with van der Waals surface area (Å²) in [7, 11) is 1.65.